The molecule has 1 aromatic rings. The maximum Gasteiger partial charge on any atom is 0.414 e. The molecule has 0 spiro atoms. The van der Waals surface area contributed by atoms with Gasteiger partial charge in [-0.15, -0.1) is 0 Å². The first-order valence-corrected chi connectivity index (χ1v) is 6.49. The zero-order valence-corrected chi connectivity index (χ0v) is 12.3. The minimum Gasteiger partial charge on any atom is -0.512 e. The van der Waals surface area contributed by atoms with Crippen molar-refractivity contribution < 1.29 is 19.4 Å². The SMILES string of the molecule is CCOC(=O)NC(=O)/C(C=Nc1ccc(Cl)cc1)=C(\C)O. The summed E-state index contributed by atoms with van der Waals surface area (Å²) in [7, 11) is 0. The summed E-state index contributed by atoms with van der Waals surface area (Å²) in [5.41, 5.74) is 0.403. The fraction of sp³-hybridized carbons (Fsp3) is 0.214. The van der Waals surface area contributed by atoms with Gasteiger partial charge in [-0.05, 0) is 38.1 Å². The first kappa shape index (κ1) is 16.7. The molecule has 2 amide bonds. The molecule has 0 aliphatic rings. The van der Waals surface area contributed by atoms with Crippen LogP contribution in [0.3, 0.4) is 0 Å². The lowest BCUT2D eigenvalue weighted by Crippen LogP contribution is -2.33. The van der Waals surface area contributed by atoms with E-state index >= 15 is 0 Å². The van der Waals surface area contributed by atoms with Gasteiger partial charge in [-0.25, -0.2) is 4.79 Å². The van der Waals surface area contributed by atoms with Crippen molar-refractivity contribution in [2.24, 2.45) is 4.99 Å². The van der Waals surface area contributed by atoms with E-state index in [1.165, 1.54) is 6.92 Å². The molecule has 0 fully saturated rings. The molecule has 1 rings (SSSR count). The third-order valence-electron chi connectivity index (χ3n) is 2.29. The van der Waals surface area contributed by atoms with E-state index in [-0.39, 0.29) is 17.9 Å². The molecule has 0 aromatic heterocycles. The Kier molecular flexibility index (Phi) is 6.42. The number of benzene rings is 1. The van der Waals surface area contributed by atoms with Crippen LogP contribution in [0.4, 0.5) is 10.5 Å². The quantitative estimate of drug-likeness (QED) is 0.508. The van der Waals surface area contributed by atoms with Crippen LogP contribution in [0.1, 0.15) is 13.8 Å². The normalized spacial score (nSPS) is 12.0. The number of halogens is 1. The first-order valence-electron chi connectivity index (χ1n) is 6.11. The van der Waals surface area contributed by atoms with Gasteiger partial charge in [0, 0.05) is 11.2 Å². The number of alkyl carbamates (subject to hydrolysis) is 1. The van der Waals surface area contributed by atoms with Crippen molar-refractivity contribution in [1.82, 2.24) is 5.32 Å². The molecule has 1 aromatic carbocycles. The monoisotopic (exact) mass is 310 g/mol. The molecule has 0 aliphatic carbocycles. The van der Waals surface area contributed by atoms with Crippen molar-refractivity contribution in [3.63, 3.8) is 0 Å². The zero-order valence-electron chi connectivity index (χ0n) is 11.6. The Balaban J connectivity index is 2.84. The van der Waals surface area contributed by atoms with Crippen LogP contribution in [-0.2, 0) is 9.53 Å². The Hall–Kier alpha value is -2.34. The minimum absolute atomic E-state index is 0.134. The summed E-state index contributed by atoms with van der Waals surface area (Å²) in [6.07, 6.45) is 0.272. The minimum atomic E-state index is -0.888. The van der Waals surface area contributed by atoms with Crippen LogP contribution in [0.5, 0.6) is 0 Å². The molecule has 0 aliphatic heterocycles. The second-order valence-corrected chi connectivity index (χ2v) is 4.34. The van der Waals surface area contributed by atoms with Crippen LogP contribution < -0.4 is 5.32 Å². The highest BCUT2D eigenvalue weighted by Crippen LogP contribution is 2.16. The van der Waals surface area contributed by atoms with Crippen LogP contribution in [0.15, 0.2) is 40.6 Å². The Morgan fingerprint density at radius 2 is 2.00 bits per heavy atom. The Morgan fingerprint density at radius 3 is 2.52 bits per heavy atom. The molecular weight excluding hydrogens is 296 g/mol. The molecule has 6 nitrogen and oxygen atoms in total. The summed E-state index contributed by atoms with van der Waals surface area (Å²) in [6.45, 7) is 3.06. The number of imide groups is 1. The number of amides is 2. The molecule has 7 heteroatoms. The fourth-order valence-corrected chi connectivity index (χ4v) is 1.44. The van der Waals surface area contributed by atoms with Gasteiger partial charge in [-0.1, -0.05) is 11.6 Å². The molecule has 2 N–H and O–H groups in total. The number of carbonyl (C=O) groups excluding carboxylic acids is 2. The molecule has 0 radical (unpaired) electrons. The maximum absolute atomic E-state index is 11.8. The number of aliphatic hydroxyl groups excluding tert-OH is 1. The number of nitrogens with one attached hydrogen (secondary N) is 1. The summed E-state index contributed by atoms with van der Waals surface area (Å²) in [6, 6.07) is 6.57. The number of carbonyl (C=O) groups is 2. The number of hydrogen-bond acceptors (Lipinski definition) is 5. The molecule has 0 atom stereocenters. The predicted molar refractivity (Wildman–Crippen MR) is 80.1 cm³/mol. The van der Waals surface area contributed by atoms with Gasteiger partial charge in [0.15, 0.2) is 0 Å². The van der Waals surface area contributed by atoms with Crippen molar-refractivity contribution in [2.75, 3.05) is 6.61 Å². The van der Waals surface area contributed by atoms with Gasteiger partial charge < -0.3 is 9.84 Å². The summed E-state index contributed by atoms with van der Waals surface area (Å²) < 4.78 is 4.58. The summed E-state index contributed by atoms with van der Waals surface area (Å²) in [4.78, 5) is 27.0. The number of allylic oxidation sites excluding steroid dienone is 1. The number of aliphatic imine (C=N–C) groups is 1. The van der Waals surface area contributed by atoms with E-state index in [0.717, 1.165) is 6.21 Å². The Bertz CT molecular complexity index is 575. The highest BCUT2D eigenvalue weighted by Gasteiger charge is 2.14. The average molecular weight is 311 g/mol. The van der Waals surface area contributed by atoms with Gasteiger partial charge in [-0.3, -0.25) is 15.1 Å². The van der Waals surface area contributed by atoms with Crippen molar-refractivity contribution >= 4 is 35.5 Å². The van der Waals surface area contributed by atoms with Crippen LogP contribution in [0.2, 0.25) is 5.02 Å². The average Bonchev–Trinajstić information content (AvgIpc) is 2.40. The van der Waals surface area contributed by atoms with Gasteiger partial charge >= 0.3 is 6.09 Å². The van der Waals surface area contributed by atoms with Crippen molar-refractivity contribution in [1.29, 1.82) is 0 Å². The first-order chi connectivity index (χ1) is 9.93. The topological polar surface area (TPSA) is 88.0 Å². The maximum atomic E-state index is 11.8. The van der Waals surface area contributed by atoms with Gasteiger partial charge in [0.1, 0.15) is 5.76 Å². The van der Waals surface area contributed by atoms with E-state index < -0.39 is 12.0 Å². The van der Waals surface area contributed by atoms with Crippen LogP contribution >= 0.6 is 11.6 Å². The molecule has 0 unspecified atom stereocenters. The number of hydrogen-bond donors (Lipinski definition) is 2. The molecule has 0 saturated carbocycles. The molecule has 112 valence electrons. The van der Waals surface area contributed by atoms with E-state index in [9.17, 15) is 14.7 Å². The smallest absolute Gasteiger partial charge is 0.414 e. The molecule has 21 heavy (non-hydrogen) atoms. The summed E-state index contributed by atoms with van der Waals surface area (Å²) in [5.74, 6) is -1.07. The van der Waals surface area contributed by atoms with Gasteiger partial charge in [0.05, 0.1) is 17.9 Å². The summed E-state index contributed by atoms with van der Waals surface area (Å²) in [5, 5.41) is 12.0. The second kappa shape index (κ2) is 8.06. The predicted octanol–water partition coefficient (Wildman–Crippen LogP) is 3.15. The van der Waals surface area contributed by atoms with Gasteiger partial charge in [-0.2, -0.15) is 0 Å². The van der Waals surface area contributed by atoms with Gasteiger partial charge in [0.2, 0.25) is 0 Å². The summed E-state index contributed by atoms with van der Waals surface area (Å²) >= 11 is 5.75. The molecule has 0 saturated heterocycles. The van der Waals surface area contributed by atoms with E-state index in [4.69, 9.17) is 11.6 Å². The number of ether oxygens (including phenoxy) is 1. The van der Waals surface area contributed by atoms with Crippen LogP contribution in [0.25, 0.3) is 0 Å². The van der Waals surface area contributed by atoms with E-state index in [1.807, 2.05) is 5.32 Å². The Morgan fingerprint density at radius 1 is 1.38 bits per heavy atom. The lowest BCUT2D eigenvalue weighted by Gasteiger charge is -2.05. The van der Waals surface area contributed by atoms with Crippen LogP contribution in [0, 0.1) is 0 Å². The van der Waals surface area contributed by atoms with E-state index in [0.29, 0.717) is 10.7 Å². The highest BCUT2D eigenvalue weighted by molar-refractivity contribution is 6.30. The number of aliphatic hydroxyl groups is 1. The fourth-order valence-electron chi connectivity index (χ4n) is 1.31. The molecular formula is C14H15ClN2O4. The van der Waals surface area contributed by atoms with Gasteiger partial charge in [0.25, 0.3) is 5.91 Å². The van der Waals surface area contributed by atoms with Crippen molar-refractivity contribution in [3.8, 4) is 0 Å². The largest absolute Gasteiger partial charge is 0.512 e. The van der Waals surface area contributed by atoms with E-state index in [2.05, 4.69) is 9.73 Å². The Labute approximate surface area is 127 Å². The number of nitrogens with zero attached hydrogens (tertiary/aromatic N) is 1. The second-order valence-electron chi connectivity index (χ2n) is 3.91. The molecule has 0 bridgehead atoms. The van der Waals surface area contributed by atoms with Crippen molar-refractivity contribution in [2.45, 2.75) is 13.8 Å². The van der Waals surface area contributed by atoms with E-state index in [1.54, 1.807) is 31.2 Å². The molecule has 0 heterocycles. The lowest BCUT2D eigenvalue weighted by atomic mass is 10.2. The highest BCUT2D eigenvalue weighted by atomic mass is 35.5. The van der Waals surface area contributed by atoms with Crippen LogP contribution in [-0.4, -0.2) is 29.9 Å². The lowest BCUT2D eigenvalue weighted by molar-refractivity contribution is -0.116. The number of rotatable bonds is 4. The zero-order chi connectivity index (χ0) is 15.8. The third kappa shape index (κ3) is 5.66. The van der Waals surface area contributed by atoms with Crippen molar-refractivity contribution in [3.05, 3.63) is 40.6 Å². The third-order valence-corrected chi connectivity index (χ3v) is 2.55. The standard InChI is InChI=1S/C14H15ClN2O4/c1-3-21-14(20)17-13(19)12(9(2)18)8-16-11-6-4-10(15)5-7-11/h4-8,18H,3H2,1-2H3,(H,17,19,20)/b12-9+,16-8?.